The number of aromatic amines is 2. The van der Waals surface area contributed by atoms with Crippen LogP contribution in [0, 0.1) is 5.82 Å². The average Bonchev–Trinajstić information content (AvgIpc) is 3.09. The topological polar surface area (TPSA) is 174 Å². The molecular formula is C35H23F7N4O7. The van der Waals surface area contributed by atoms with Gasteiger partial charge in [0.25, 0.3) is 11.8 Å². The minimum absolute atomic E-state index is 0.0650. The van der Waals surface area contributed by atoms with Crippen LogP contribution in [-0.4, -0.2) is 39.1 Å². The lowest BCUT2D eigenvalue weighted by Gasteiger charge is -2.12. The first-order chi connectivity index (χ1) is 24.9. The number of hydrogen-bond donors (Lipinski definition) is 6. The number of rotatable bonds is 5. The van der Waals surface area contributed by atoms with Crippen LogP contribution in [-0.2, 0) is 12.4 Å². The molecule has 6 N–H and O–H groups in total. The van der Waals surface area contributed by atoms with Crippen LogP contribution in [0.5, 0.6) is 17.2 Å². The number of aromatic hydroxyl groups is 2. The van der Waals surface area contributed by atoms with E-state index in [0.717, 1.165) is 24.5 Å². The summed E-state index contributed by atoms with van der Waals surface area (Å²) in [6, 6.07) is 13.9. The van der Waals surface area contributed by atoms with Crippen molar-refractivity contribution in [2.45, 2.75) is 12.4 Å². The number of fused-ring (bicyclic) bond motifs is 2. The molecule has 0 aliphatic rings. The van der Waals surface area contributed by atoms with Crippen molar-refractivity contribution in [3.05, 3.63) is 134 Å². The molecule has 0 atom stereocenters. The molecule has 274 valence electrons. The van der Waals surface area contributed by atoms with Gasteiger partial charge in [-0.05, 0) is 42.5 Å². The number of pyridine rings is 2. The second-order valence-electron chi connectivity index (χ2n) is 11.0. The molecule has 0 saturated carbocycles. The number of ether oxygens (including phenoxy) is 1. The molecule has 2 aromatic heterocycles. The summed E-state index contributed by atoms with van der Waals surface area (Å²) in [4.78, 5) is 54.9. The molecule has 2 heterocycles. The minimum atomic E-state index is -4.96. The van der Waals surface area contributed by atoms with Crippen molar-refractivity contribution in [1.82, 2.24) is 9.97 Å². The Labute approximate surface area is 291 Å². The maximum absolute atomic E-state index is 13.9. The van der Waals surface area contributed by atoms with Gasteiger partial charge in [-0.2, -0.15) is 26.3 Å². The molecule has 0 unspecified atom stereocenters. The first-order valence-corrected chi connectivity index (χ1v) is 14.8. The van der Waals surface area contributed by atoms with E-state index in [1.54, 1.807) is 18.2 Å². The number of phenols is 2. The lowest BCUT2D eigenvalue weighted by atomic mass is 10.1. The zero-order valence-corrected chi connectivity index (χ0v) is 26.7. The summed E-state index contributed by atoms with van der Waals surface area (Å²) in [5, 5.41) is 23.6. The number of aromatic nitrogens is 2. The Bertz CT molecular complexity index is 2510. The van der Waals surface area contributed by atoms with Gasteiger partial charge in [-0.3, -0.25) is 19.2 Å². The second kappa shape index (κ2) is 14.4. The van der Waals surface area contributed by atoms with E-state index in [1.807, 2.05) is 5.32 Å². The van der Waals surface area contributed by atoms with E-state index in [9.17, 15) is 60.1 Å². The SMILES string of the molecule is COc1cc(NC(=O)c2c[nH]c3cccc(O)c3c2=O)cc(C(F)(F)F)c1.O=C(Nc1cc(O)c(C(F)(F)F)cc1F)c1c[nH]c2ccccc2c1=O. The lowest BCUT2D eigenvalue weighted by molar-refractivity contribution is -0.139. The smallest absolute Gasteiger partial charge is 0.420 e. The number of carbonyl (C=O) groups excluding carboxylic acids is 2. The Balaban J connectivity index is 0.000000204. The number of methoxy groups -OCH3 is 1. The maximum Gasteiger partial charge on any atom is 0.420 e. The van der Waals surface area contributed by atoms with Gasteiger partial charge in [0.1, 0.15) is 39.8 Å². The monoisotopic (exact) mass is 744 g/mol. The molecule has 0 fully saturated rings. The highest BCUT2D eigenvalue weighted by molar-refractivity contribution is 6.07. The Morgan fingerprint density at radius 2 is 1.34 bits per heavy atom. The van der Waals surface area contributed by atoms with Gasteiger partial charge in [-0.1, -0.05) is 18.2 Å². The Morgan fingerprint density at radius 1 is 0.717 bits per heavy atom. The highest BCUT2D eigenvalue weighted by Crippen LogP contribution is 2.38. The number of halogens is 7. The zero-order valence-electron chi connectivity index (χ0n) is 26.7. The van der Waals surface area contributed by atoms with Crippen molar-refractivity contribution in [1.29, 1.82) is 0 Å². The number of para-hydroxylation sites is 1. The molecular weight excluding hydrogens is 721 g/mol. The summed E-state index contributed by atoms with van der Waals surface area (Å²) in [5.74, 6) is -5.03. The average molecular weight is 745 g/mol. The number of carbonyl (C=O) groups is 2. The summed E-state index contributed by atoms with van der Waals surface area (Å²) in [7, 11) is 1.19. The molecule has 18 heteroatoms. The van der Waals surface area contributed by atoms with Crippen molar-refractivity contribution in [2.24, 2.45) is 0 Å². The Hall–Kier alpha value is -6.85. The van der Waals surface area contributed by atoms with Crippen LogP contribution in [0.3, 0.4) is 0 Å². The van der Waals surface area contributed by atoms with Crippen LogP contribution in [0.25, 0.3) is 21.8 Å². The van der Waals surface area contributed by atoms with E-state index >= 15 is 0 Å². The summed E-state index contributed by atoms with van der Waals surface area (Å²) in [6.45, 7) is 0. The molecule has 0 radical (unpaired) electrons. The first-order valence-electron chi connectivity index (χ1n) is 14.8. The van der Waals surface area contributed by atoms with Crippen molar-refractivity contribution < 1.29 is 55.3 Å². The highest BCUT2D eigenvalue weighted by Gasteiger charge is 2.35. The summed E-state index contributed by atoms with van der Waals surface area (Å²) in [6.07, 6.45) is -7.35. The van der Waals surface area contributed by atoms with E-state index in [-0.39, 0.29) is 45.2 Å². The Kier molecular flexibility index (Phi) is 10.2. The van der Waals surface area contributed by atoms with Gasteiger partial charge >= 0.3 is 12.4 Å². The van der Waals surface area contributed by atoms with Crippen LogP contribution in [0.4, 0.5) is 42.1 Å². The number of hydrogen-bond acceptors (Lipinski definition) is 7. The molecule has 0 bridgehead atoms. The largest absolute Gasteiger partial charge is 0.507 e. The van der Waals surface area contributed by atoms with Crippen LogP contribution in [0.15, 0.2) is 94.8 Å². The van der Waals surface area contributed by atoms with E-state index in [1.165, 1.54) is 37.4 Å². The molecule has 2 amide bonds. The fourth-order valence-corrected chi connectivity index (χ4v) is 4.98. The molecule has 0 saturated heterocycles. The summed E-state index contributed by atoms with van der Waals surface area (Å²) in [5.41, 5.74) is -4.77. The molecule has 4 aromatic carbocycles. The normalized spacial score (nSPS) is 11.5. The van der Waals surface area contributed by atoms with Gasteiger partial charge in [0, 0.05) is 41.1 Å². The third kappa shape index (κ3) is 8.06. The number of amides is 2. The van der Waals surface area contributed by atoms with E-state index in [4.69, 9.17) is 4.74 Å². The fraction of sp³-hybridized carbons (Fsp3) is 0.0857. The van der Waals surface area contributed by atoms with Crippen molar-refractivity contribution >= 4 is 45.0 Å². The standard InChI is InChI=1S/C18H13F3N2O4.C17H10F4N2O3/c1-27-11-6-9(18(19,20)21)5-10(7-11)23-17(26)12-8-22-13-3-2-4-14(24)15(13)16(12)25;18-11-5-10(17(19,20)21)14(24)6-13(11)23-16(26)9-7-22-12-4-2-1-3-8(12)15(9)25/h2-8,24H,1H3,(H,22,25)(H,23,26);1-7,24H,(H,22,25)(H,23,26). The van der Waals surface area contributed by atoms with Crippen LogP contribution < -0.4 is 26.2 Å². The molecule has 0 aliphatic heterocycles. The van der Waals surface area contributed by atoms with Gasteiger partial charge in [0.15, 0.2) is 0 Å². The second-order valence-corrected chi connectivity index (χ2v) is 11.0. The van der Waals surface area contributed by atoms with Crippen LogP contribution in [0.2, 0.25) is 0 Å². The summed E-state index contributed by atoms with van der Waals surface area (Å²) >= 11 is 0. The number of benzene rings is 4. The third-order valence-corrected chi connectivity index (χ3v) is 7.53. The van der Waals surface area contributed by atoms with Gasteiger partial charge in [-0.25, -0.2) is 4.39 Å². The number of nitrogens with one attached hydrogen (secondary N) is 4. The Morgan fingerprint density at radius 3 is 2.00 bits per heavy atom. The summed E-state index contributed by atoms with van der Waals surface area (Å²) < 4.78 is 95.5. The van der Waals surface area contributed by atoms with E-state index in [0.29, 0.717) is 17.1 Å². The minimum Gasteiger partial charge on any atom is -0.507 e. The quantitative estimate of drug-likeness (QED) is 0.102. The van der Waals surface area contributed by atoms with Crippen LogP contribution >= 0.6 is 0 Å². The van der Waals surface area contributed by atoms with Gasteiger partial charge < -0.3 is 35.6 Å². The molecule has 6 rings (SSSR count). The van der Waals surface area contributed by atoms with Gasteiger partial charge in [-0.15, -0.1) is 0 Å². The maximum atomic E-state index is 13.9. The molecule has 0 spiro atoms. The number of anilines is 2. The van der Waals surface area contributed by atoms with Gasteiger partial charge in [0.05, 0.1) is 29.3 Å². The van der Waals surface area contributed by atoms with E-state index < -0.39 is 63.4 Å². The number of phenolic OH excluding ortho intramolecular Hbond substituents is 2. The van der Waals surface area contributed by atoms with Crippen LogP contribution in [0.1, 0.15) is 31.8 Å². The predicted octanol–water partition coefficient (Wildman–Crippen LogP) is 7.16. The van der Waals surface area contributed by atoms with Crippen molar-refractivity contribution in [2.75, 3.05) is 17.7 Å². The number of H-pyrrole nitrogens is 2. The van der Waals surface area contributed by atoms with Crippen molar-refractivity contribution in [3.63, 3.8) is 0 Å². The molecule has 11 nitrogen and oxygen atoms in total. The molecule has 0 aliphatic carbocycles. The molecule has 53 heavy (non-hydrogen) atoms. The molecule has 6 aromatic rings. The first kappa shape index (κ1) is 37.4. The zero-order chi connectivity index (χ0) is 38.8. The fourth-order valence-electron chi connectivity index (χ4n) is 4.98. The van der Waals surface area contributed by atoms with E-state index in [2.05, 4.69) is 15.3 Å². The highest BCUT2D eigenvalue weighted by atomic mass is 19.4. The predicted molar refractivity (Wildman–Crippen MR) is 178 cm³/mol. The van der Waals surface area contributed by atoms with Gasteiger partial charge in [0.2, 0.25) is 10.9 Å². The number of alkyl halides is 6. The lowest BCUT2D eigenvalue weighted by Crippen LogP contribution is -2.22. The third-order valence-electron chi connectivity index (χ3n) is 7.53. The van der Waals surface area contributed by atoms with Crippen molar-refractivity contribution in [3.8, 4) is 17.2 Å².